The maximum atomic E-state index is 12.2. The van der Waals surface area contributed by atoms with Gasteiger partial charge in [-0.25, -0.2) is 4.68 Å². The van der Waals surface area contributed by atoms with E-state index in [1.165, 1.54) is 0 Å². The largest absolute Gasteiger partial charge is 0.414 e. The first-order valence-electron chi connectivity index (χ1n) is 8.35. The van der Waals surface area contributed by atoms with Gasteiger partial charge in [0, 0.05) is 0 Å². The molecule has 6 nitrogen and oxygen atoms in total. The molecule has 2 aromatic carbocycles. The Balaban J connectivity index is 1.57. The fourth-order valence-corrected chi connectivity index (χ4v) is 2.93. The lowest BCUT2D eigenvalue weighted by atomic mass is 10.2. The van der Waals surface area contributed by atoms with E-state index in [1.807, 2.05) is 42.5 Å². The second kappa shape index (κ2) is 8.94. The van der Waals surface area contributed by atoms with E-state index in [9.17, 15) is 4.79 Å². The van der Waals surface area contributed by atoms with Crippen molar-refractivity contribution in [3.63, 3.8) is 0 Å². The second-order valence-corrected chi connectivity index (χ2v) is 6.86. The Kier molecular flexibility index (Phi) is 6.39. The first kappa shape index (κ1) is 19.3. The van der Waals surface area contributed by atoms with Crippen molar-refractivity contribution in [3.8, 4) is 0 Å². The molecule has 0 atom stereocenters. The predicted octanol–water partition coefficient (Wildman–Crippen LogP) is 3.98. The number of likely N-dealkylation sites (N-methyl/N-ethyl adjacent to an activating group) is 1. The van der Waals surface area contributed by atoms with Gasteiger partial charge in [-0.2, -0.15) is 0 Å². The number of rotatable bonds is 7. The molecule has 140 valence electrons. The molecule has 27 heavy (non-hydrogen) atoms. The fourth-order valence-electron chi connectivity index (χ4n) is 2.56. The van der Waals surface area contributed by atoms with Crippen LogP contribution in [-0.4, -0.2) is 34.2 Å². The summed E-state index contributed by atoms with van der Waals surface area (Å²) in [6.45, 7) is 0.501. The van der Waals surface area contributed by atoms with Crippen molar-refractivity contribution in [2.75, 3.05) is 18.9 Å². The zero-order chi connectivity index (χ0) is 19.2. The Morgan fingerprint density at radius 1 is 1.22 bits per heavy atom. The molecule has 0 unspecified atom stereocenters. The third-order valence-corrected chi connectivity index (χ3v) is 4.41. The molecule has 0 fully saturated rings. The number of carbonyl (C=O) groups excluding carboxylic acids is 1. The van der Waals surface area contributed by atoms with Crippen LogP contribution in [-0.2, 0) is 17.9 Å². The number of amides is 1. The Morgan fingerprint density at radius 2 is 1.93 bits per heavy atom. The molecule has 3 rings (SSSR count). The monoisotopic (exact) mass is 402 g/mol. The van der Waals surface area contributed by atoms with Gasteiger partial charge in [-0.1, -0.05) is 54.1 Å². The standard InChI is InChI=1S/C19H19ClN4O2S/c1-23(12-17(25)21-16-10-6-5-9-15(16)20)13-24-19(27)26-18(22-24)11-14-7-3-2-4-8-14/h2-10H,11-13H2,1H3,(H,21,25). The number of hydrogen-bond acceptors (Lipinski definition) is 5. The molecule has 0 saturated heterocycles. The molecule has 1 heterocycles. The smallest absolute Gasteiger partial charge is 0.288 e. The van der Waals surface area contributed by atoms with Crippen LogP contribution in [0, 0.1) is 4.84 Å². The van der Waals surface area contributed by atoms with Gasteiger partial charge < -0.3 is 9.73 Å². The topological polar surface area (TPSA) is 63.3 Å². The minimum atomic E-state index is -0.176. The van der Waals surface area contributed by atoms with Crippen LogP contribution in [0.15, 0.2) is 59.0 Å². The fraction of sp³-hybridized carbons (Fsp3) is 0.211. The number of hydrogen-bond donors (Lipinski definition) is 1. The maximum Gasteiger partial charge on any atom is 0.288 e. The first-order chi connectivity index (χ1) is 13.0. The van der Waals surface area contributed by atoms with E-state index in [-0.39, 0.29) is 17.3 Å². The molecule has 1 aromatic heterocycles. The summed E-state index contributed by atoms with van der Waals surface area (Å²) in [5.74, 6) is 0.366. The number of para-hydroxylation sites is 1. The number of aromatic nitrogens is 2. The number of halogens is 1. The van der Waals surface area contributed by atoms with Crippen molar-refractivity contribution in [2.24, 2.45) is 0 Å². The van der Waals surface area contributed by atoms with Crippen LogP contribution in [0.2, 0.25) is 5.02 Å². The van der Waals surface area contributed by atoms with Gasteiger partial charge in [0.05, 0.1) is 30.3 Å². The van der Waals surface area contributed by atoms with Crippen LogP contribution in [0.5, 0.6) is 0 Å². The normalized spacial score (nSPS) is 10.9. The quantitative estimate of drug-likeness (QED) is 0.605. The number of anilines is 1. The third-order valence-electron chi connectivity index (χ3n) is 3.78. The minimum absolute atomic E-state index is 0.161. The second-order valence-electron chi connectivity index (χ2n) is 6.11. The summed E-state index contributed by atoms with van der Waals surface area (Å²) in [7, 11) is 1.81. The molecule has 0 aliphatic rings. The SMILES string of the molecule is CN(CC(=O)Nc1ccccc1Cl)Cn1nc(Cc2ccccc2)oc1=S. The lowest BCUT2D eigenvalue weighted by molar-refractivity contribution is -0.117. The number of carbonyl (C=O) groups is 1. The van der Waals surface area contributed by atoms with Crippen molar-refractivity contribution in [2.45, 2.75) is 13.1 Å². The highest BCUT2D eigenvalue weighted by Gasteiger charge is 2.12. The summed E-state index contributed by atoms with van der Waals surface area (Å²) in [6, 6.07) is 17.0. The predicted molar refractivity (Wildman–Crippen MR) is 107 cm³/mol. The first-order valence-corrected chi connectivity index (χ1v) is 9.13. The zero-order valence-electron chi connectivity index (χ0n) is 14.8. The number of benzene rings is 2. The summed E-state index contributed by atoms with van der Waals surface area (Å²) >= 11 is 11.3. The number of nitrogens with one attached hydrogen (secondary N) is 1. The lowest BCUT2D eigenvalue weighted by Gasteiger charge is -2.16. The van der Waals surface area contributed by atoms with Gasteiger partial charge in [0.1, 0.15) is 0 Å². The molecule has 1 amide bonds. The highest BCUT2D eigenvalue weighted by atomic mass is 35.5. The molecular weight excluding hydrogens is 384 g/mol. The van der Waals surface area contributed by atoms with Crippen molar-refractivity contribution < 1.29 is 9.21 Å². The van der Waals surface area contributed by atoms with E-state index in [4.69, 9.17) is 28.2 Å². The van der Waals surface area contributed by atoms with Crippen LogP contribution in [0.25, 0.3) is 0 Å². The molecule has 0 radical (unpaired) electrons. The van der Waals surface area contributed by atoms with E-state index >= 15 is 0 Å². The summed E-state index contributed by atoms with van der Waals surface area (Å²) < 4.78 is 7.12. The minimum Gasteiger partial charge on any atom is -0.414 e. The van der Waals surface area contributed by atoms with Gasteiger partial charge in [0.2, 0.25) is 11.8 Å². The molecule has 0 bridgehead atoms. The van der Waals surface area contributed by atoms with Crippen LogP contribution in [0.3, 0.4) is 0 Å². The Morgan fingerprint density at radius 3 is 2.67 bits per heavy atom. The van der Waals surface area contributed by atoms with Crippen molar-refractivity contribution in [1.82, 2.24) is 14.7 Å². The molecule has 1 N–H and O–H groups in total. The maximum absolute atomic E-state index is 12.2. The van der Waals surface area contributed by atoms with E-state index < -0.39 is 0 Å². The van der Waals surface area contributed by atoms with Gasteiger partial charge in [-0.05, 0) is 37.0 Å². The van der Waals surface area contributed by atoms with Gasteiger partial charge in [-0.3, -0.25) is 9.69 Å². The molecule has 8 heteroatoms. The molecule has 0 saturated carbocycles. The van der Waals surface area contributed by atoms with E-state index in [2.05, 4.69) is 10.4 Å². The van der Waals surface area contributed by atoms with E-state index in [1.54, 1.807) is 28.8 Å². The van der Waals surface area contributed by atoms with Crippen LogP contribution < -0.4 is 5.32 Å². The summed E-state index contributed by atoms with van der Waals surface area (Å²) in [5.41, 5.74) is 1.68. The molecule has 0 spiro atoms. The van der Waals surface area contributed by atoms with E-state index in [0.717, 1.165) is 5.56 Å². The van der Waals surface area contributed by atoms with Crippen molar-refractivity contribution in [3.05, 3.63) is 75.9 Å². The van der Waals surface area contributed by atoms with Crippen LogP contribution >= 0.6 is 23.8 Å². The van der Waals surface area contributed by atoms with Crippen LogP contribution in [0.1, 0.15) is 11.5 Å². The average Bonchev–Trinajstić information content (AvgIpc) is 2.96. The molecule has 0 aliphatic heterocycles. The molecule has 0 aliphatic carbocycles. The van der Waals surface area contributed by atoms with Gasteiger partial charge >= 0.3 is 0 Å². The number of nitrogens with zero attached hydrogens (tertiary/aromatic N) is 3. The van der Waals surface area contributed by atoms with Crippen molar-refractivity contribution in [1.29, 1.82) is 0 Å². The van der Waals surface area contributed by atoms with Gasteiger partial charge in [-0.15, -0.1) is 5.10 Å². The van der Waals surface area contributed by atoms with Crippen LogP contribution in [0.4, 0.5) is 5.69 Å². The lowest BCUT2D eigenvalue weighted by Crippen LogP contribution is -2.32. The summed E-state index contributed by atoms with van der Waals surface area (Å²) in [4.78, 5) is 14.3. The van der Waals surface area contributed by atoms with Gasteiger partial charge in [0.25, 0.3) is 4.84 Å². The Bertz CT molecular complexity index is 971. The summed E-state index contributed by atoms with van der Waals surface area (Å²) in [5, 5.41) is 7.69. The highest BCUT2D eigenvalue weighted by molar-refractivity contribution is 7.71. The third kappa shape index (κ3) is 5.50. The highest BCUT2D eigenvalue weighted by Crippen LogP contribution is 2.20. The molecular formula is C19H19ClN4O2S. The molecule has 3 aromatic rings. The zero-order valence-corrected chi connectivity index (χ0v) is 16.3. The Labute approximate surface area is 167 Å². The average molecular weight is 403 g/mol. The summed E-state index contributed by atoms with van der Waals surface area (Å²) in [6.07, 6.45) is 0.564. The van der Waals surface area contributed by atoms with Gasteiger partial charge in [0.15, 0.2) is 0 Å². The van der Waals surface area contributed by atoms with Crippen molar-refractivity contribution >= 4 is 35.4 Å². The Hall–Kier alpha value is -2.48. The van der Waals surface area contributed by atoms with E-state index in [0.29, 0.717) is 29.7 Å².